The fraction of sp³-hybridized carbons (Fsp3) is 0.591. The largest absolute Gasteiger partial charge is 0.381 e. The summed E-state index contributed by atoms with van der Waals surface area (Å²) in [6, 6.07) is 11.5. The van der Waals surface area contributed by atoms with Gasteiger partial charge in [-0.3, -0.25) is 9.69 Å². The van der Waals surface area contributed by atoms with E-state index >= 15 is 0 Å². The SMILES string of the molecule is O=C([C@@H]1CCOC1)N1CCC[C@@H]2CN(Cc3cc4ccccc4s3)CC[C@@H]21. The highest BCUT2D eigenvalue weighted by molar-refractivity contribution is 7.19. The summed E-state index contributed by atoms with van der Waals surface area (Å²) in [7, 11) is 0. The van der Waals surface area contributed by atoms with Gasteiger partial charge in [-0.2, -0.15) is 0 Å². The summed E-state index contributed by atoms with van der Waals surface area (Å²) >= 11 is 1.92. The van der Waals surface area contributed by atoms with E-state index in [0.29, 0.717) is 24.5 Å². The van der Waals surface area contributed by atoms with Crippen LogP contribution in [0.15, 0.2) is 30.3 Å². The summed E-state index contributed by atoms with van der Waals surface area (Å²) in [5, 5.41) is 1.36. The van der Waals surface area contributed by atoms with E-state index in [-0.39, 0.29) is 5.92 Å². The lowest BCUT2D eigenvalue weighted by molar-refractivity contribution is -0.142. The van der Waals surface area contributed by atoms with Gasteiger partial charge in [0.15, 0.2) is 0 Å². The van der Waals surface area contributed by atoms with Crippen LogP contribution < -0.4 is 0 Å². The van der Waals surface area contributed by atoms with Gasteiger partial charge in [0, 0.05) is 48.4 Å². The molecule has 0 spiro atoms. The molecule has 1 amide bonds. The molecule has 0 bridgehead atoms. The molecule has 0 saturated carbocycles. The summed E-state index contributed by atoms with van der Waals surface area (Å²) in [5.74, 6) is 1.11. The minimum atomic E-state index is 0.111. The standard InChI is InChI=1S/C22H28N2O2S/c25-22(18-8-11-26-15-18)24-9-3-5-17-13-23(10-7-20(17)24)14-19-12-16-4-1-2-6-21(16)27-19/h1-2,4,6,12,17-18,20H,3,5,7-11,13-15H2/t17-,18-,20+/m1/s1. The molecule has 4 nitrogen and oxygen atoms in total. The van der Waals surface area contributed by atoms with Gasteiger partial charge >= 0.3 is 0 Å². The molecule has 144 valence electrons. The minimum Gasteiger partial charge on any atom is -0.381 e. The van der Waals surface area contributed by atoms with E-state index in [2.05, 4.69) is 40.1 Å². The van der Waals surface area contributed by atoms with Crippen LogP contribution in [0.2, 0.25) is 0 Å². The first-order chi connectivity index (χ1) is 13.3. The monoisotopic (exact) mass is 384 g/mol. The average molecular weight is 385 g/mol. The summed E-state index contributed by atoms with van der Waals surface area (Å²) in [5.41, 5.74) is 0. The summed E-state index contributed by atoms with van der Waals surface area (Å²) in [4.78, 5) is 19.3. The van der Waals surface area contributed by atoms with E-state index < -0.39 is 0 Å². The van der Waals surface area contributed by atoms with Gasteiger partial charge < -0.3 is 9.64 Å². The van der Waals surface area contributed by atoms with Crippen molar-refractivity contribution in [2.24, 2.45) is 11.8 Å². The van der Waals surface area contributed by atoms with Crippen molar-refractivity contribution in [1.82, 2.24) is 9.80 Å². The van der Waals surface area contributed by atoms with E-state index in [1.165, 1.54) is 21.4 Å². The normalized spacial score (nSPS) is 29.2. The second-order valence-corrected chi connectivity index (χ2v) is 9.50. The predicted octanol–water partition coefficient (Wildman–Crippen LogP) is 3.75. The van der Waals surface area contributed by atoms with E-state index in [4.69, 9.17) is 4.74 Å². The molecule has 5 rings (SSSR count). The third-order valence-corrected chi connectivity index (χ3v) is 7.67. The first-order valence-electron chi connectivity index (χ1n) is 10.4. The summed E-state index contributed by atoms with van der Waals surface area (Å²) < 4.78 is 6.84. The number of nitrogens with zero attached hydrogens (tertiary/aromatic N) is 2. The van der Waals surface area contributed by atoms with Crippen molar-refractivity contribution < 1.29 is 9.53 Å². The molecule has 0 radical (unpaired) electrons. The van der Waals surface area contributed by atoms with Crippen molar-refractivity contribution in [3.63, 3.8) is 0 Å². The Hall–Kier alpha value is -1.43. The minimum absolute atomic E-state index is 0.111. The van der Waals surface area contributed by atoms with Crippen molar-refractivity contribution in [1.29, 1.82) is 0 Å². The van der Waals surface area contributed by atoms with Crippen LogP contribution >= 0.6 is 11.3 Å². The number of likely N-dealkylation sites (tertiary alicyclic amines) is 2. The predicted molar refractivity (Wildman–Crippen MR) is 109 cm³/mol. The summed E-state index contributed by atoms with van der Waals surface area (Å²) in [6.45, 7) is 5.61. The van der Waals surface area contributed by atoms with Gasteiger partial charge in [0.05, 0.1) is 12.5 Å². The van der Waals surface area contributed by atoms with Gasteiger partial charge in [-0.15, -0.1) is 11.3 Å². The molecule has 1 aromatic carbocycles. The Labute approximate surface area is 165 Å². The number of hydrogen-bond acceptors (Lipinski definition) is 4. The first-order valence-corrected chi connectivity index (χ1v) is 11.2. The number of thiophene rings is 1. The lowest BCUT2D eigenvalue weighted by Gasteiger charge is -2.47. The molecule has 3 aliphatic heterocycles. The Morgan fingerprint density at radius 3 is 2.96 bits per heavy atom. The van der Waals surface area contributed by atoms with Crippen molar-refractivity contribution in [3.05, 3.63) is 35.2 Å². The number of ether oxygens (including phenoxy) is 1. The number of amides is 1. The van der Waals surface area contributed by atoms with Gasteiger partial charge in [0.2, 0.25) is 5.91 Å². The zero-order valence-electron chi connectivity index (χ0n) is 15.8. The maximum Gasteiger partial charge on any atom is 0.228 e. The van der Waals surface area contributed by atoms with Crippen molar-refractivity contribution >= 4 is 27.3 Å². The third kappa shape index (κ3) is 3.53. The maximum atomic E-state index is 13.0. The van der Waals surface area contributed by atoms with E-state index in [9.17, 15) is 4.79 Å². The lowest BCUT2D eigenvalue weighted by Crippen LogP contribution is -2.56. The Bertz CT molecular complexity index is 781. The number of carbonyl (C=O) groups excluding carboxylic acids is 1. The highest BCUT2D eigenvalue weighted by atomic mass is 32.1. The quantitative estimate of drug-likeness (QED) is 0.808. The zero-order valence-corrected chi connectivity index (χ0v) is 16.6. The van der Waals surface area contributed by atoms with Gasteiger partial charge in [0.1, 0.15) is 0 Å². The number of rotatable bonds is 3. The molecular weight excluding hydrogens is 356 g/mol. The van der Waals surface area contributed by atoms with Crippen LogP contribution in [0.1, 0.15) is 30.6 Å². The molecule has 0 unspecified atom stereocenters. The number of hydrogen-bond donors (Lipinski definition) is 0. The molecule has 3 fully saturated rings. The number of benzene rings is 1. The molecule has 1 aromatic heterocycles. The second-order valence-electron chi connectivity index (χ2n) is 8.34. The van der Waals surface area contributed by atoms with E-state index in [1.54, 1.807) is 0 Å². The topological polar surface area (TPSA) is 32.8 Å². The Kier molecular flexibility index (Phi) is 4.92. The van der Waals surface area contributed by atoms with Gasteiger partial charge in [-0.1, -0.05) is 18.2 Å². The molecule has 0 aliphatic carbocycles. The van der Waals surface area contributed by atoms with Crippen LogP contribution in [-0.4, -0.2) is 54.6 Å². The molecular formula is C22H28N2O2S. The van der Waals surface area contributed by atoms with Crippen LogP contribution in [0, 0.1) is 11.8 Å². The Morgan fingerprint density at radius 2 is 2.11 bits per heavy atom. The molecule has 5 heteroatoms. The Balaban J connectivity index is 1.25. The molecule has 4 heterocycles. The average Bonchev–Trinajstić information content (AvgIpc) is 3.36. The first kappa shape index (κ1) is 17.7. The van der Waals surface area contributed by atoms with Crippen molar-refractivity contribution in [2.75, 3.05) is 32.8 Å². The van der Waals surface area contributed by atoms with Crippen LogP contribution in [-0.2, 0) is 16.1 Å². The lowest BCUT2D eigenvalue weighted by atomic mass is 9.83. The van der Waals surface area contributed by atoms with Crippen LogP contribution in [0.5, 0.6) is 0 Å². The smallest absolute Gasteiger partial charge is 0.228 e. The zero-order chi connectivity index (χ0) is 18.2. The highest BCUT2D eigenvalue weighted by Crippen LogP contribution is 2.34. The molecule has 3 aliphatic rings. The maximum absolute atomic E-state index is 13.0. The van der Waals surface area contributed by atoms with Crippen LogP contribution in [0.3, 0.4) is 0 Å². The molecule has 3 saturated heterocycles. The summed E-state index contributed by atoms with van der Waals surface area (Å²) in [6.07, 6.45) is 4.44. The highest BCUT2D eigenvalue weighted by Gasteiger charge is 2.40. The molecule has 3 atom stereocenters. The number of fused-ring (bicyclic) bond motifs is 2. The Morgan fingerprint density at radius 1 is 1.19 bits per heavy atom. The van der Waals surface area contributed by atoms with Gasteiger partial charge in [-0.25, -0.2) is 0 Å². The van der Waals surface area contributed by atoms with Crippen LogP contribution in [0.25, 0.3) is 10.1 Å². The molecule has 27 heavy (non-hydrogen) atoms. The fourth-order valence-electron chi connectivity index (χ4n) is 5.19. The molecule has 0 N–H and O–H groups in total. The number of piperidine rings is 2. The van der Waals surface area contributed by atoms with Crippen molar-refractivity contribution in [2.45, 2.75) is 38.3 Å². The van der Waals surface area contributed by atoms with Gasteiger partial charge in [-0.05, 0) is 49.1 Å². The van der Waals surface area contributed by atoms with Crippen molar-refractivity contribution in [3.8, 4) is 0 Å². The fourth-order valence-corrected chi connectivity index (χ4v) is 6.30. The van der Waals surface area contributed by atoms with Gasteiger partial charge in [0.25, 0.3) is 0 Å². The van der Waals surface area contributed by atoms with E-state index in [0.717, 1.165) is 52.0 Å². The second kappa shape index (κ2) is 7.53. The molecule has 2 aromatic rings. The third-order valence-electron chi connectivity index (χ3n) is 6.57. The van der Waals surface area contributed by atoms with E-state index in [1.807, 2.05) is 11.3 Å². The number of carbonyl (C=O) groups is 1. The van der Waals surface area contributed by atoms with Crippen LogP contribution in [0.4, 0.5) is 0 Å².